The van der Waals surface area contributed by atoms with Crippen LogP contribution in [0.3, 0.4) is 0 Å². The molecule has 0 aliphatic carbocycles. The Kier molecular flexibility index (Phi) is 4.47. The number of nitrogens with two attached hydrogens (primary N) is 1. The van der Waals surface area contributed by atoms with Gasteiger partial charge in [0.05, 0.1) is 10.9 Å². The Morgan fingerprint density at radius 1 is 1.44 bits per heavy atom. The highest BCUT2D eigenvalue weighted by Crippen LogP contribution is 2.29. The number of aliphatic hydroxyl groups is 1. The van der Waals surface area contributed by atoms with Crippen molar-refractivity contribution in [2.45, 2.75) is 30.6 Å². The second kappa shape index (κ2) is 5.34. The van der Waals surface area contributed by atoms with E-state index < -0.39 is 26.6 Å². The van der Waals surface area contributed by atoms with Crippen molar-refractivity contribution in [3.63, 3.8) is 0 Å². The number of aromatic nitrogens is 1. The molecule has 0 spiro atoms. The van der Waals surface area contributed by atoms with E-state index in [1.54, 1.807) is 24.4 Å². The number of pyridine rings is 1. The van der Waals surface area contributed by atoms with E-state index in [2.05, 4.69) is 4.98 Å². The van der Waals surface area contributed by atoms with Gasteiger partial charge in [-0.25, -0.2) is 8.42 Å². The zero-order valence-electron chi connectivity index (χ0n) is 10.9. The average Bonchev–Trinajstić information content (AvgIpc) is 2.29. The van der Waals surface area contributed by atoms with Crippen LogP contribution in [-0.4, -0.2) is 42.2 Å². The van der Waals surface area contributed by atoms with E-state index in [4.69, 9.17) is 5.73 Å². The van der Waals surface area contributed by atoms with E-state index >= 15 is 0 Å². The third-order valence-corrected chi connectivity index (χ3v) is 5.52. The van der Waals surface area contributed by atoms with Gasteiger partial charge in [-0.15, -0.1) is 0 Å². The molecule has 0 fully saturated rings. The van der Waals surface area contributed by atoms with Gasteiger partial charge in [0.2, 0.25) is 0 Å². The third-order valence-electron chi connectivity index (χ3n) is 3.37. The third kappa shape index (κ3) is 2.88. The molecule has 0 amide bonds. The van der Waals surface area contributed by atoms with E-state index in [0.717, 1.165) is 6.26 Å². The summed E-state index contributed by atoms with van der Waals surface area (Å²) < 4.78 is 22.2. The minimum absolute atomic E-state index is 0.136. The second-order valence-electron chi connectivity index (χ2n) is 4.92. The highest BCUT2D eigenvalue weighted by Gasteiger charge is 2.42. The van der Waals surface area contributed by atoms with Gasteiger partial charge >= 0.3 is 0 Å². The molecule has 0 aliphatic heterocycles. The molecule has 5 nitrogen and oxygen atoms in total. The maximum absolute atomic E-state index is 11.7. The van der Waals surface area contributed by atoms with Gasteiger partial charge in [0, 0.05) is 30.6 Å². The number of hydrogen-bond donors (Lipinski definition) is 2. The Labute approximate surface area is 108 Å². The summed E-state index contributed by atoms with van der Waals surface area (Å²) in [7, 11) is -3.40. The monoisotopic (exact) mass is 272 g/mol. The van der Waals surface area contributed by atoms with Crippen LogP contribution in [0.15, 0.2) is 24.4 Å². The quantitative estimate of drug-likeness (QED) is 0.804. The fourth-order valence-corrected chi connectivity index (χ4v) is 2.31. The van der Waals surface area contributed by atoms with E-state index in [9.17, 15) is 13.5 Å². The number of hydrogen-bond acceptors (Lipinski definition) is 5. The zero-order chi connectivity index (χ0) is 14.0. The lowest BCUT2D eigenvalue weighted by atomic mass is 9.89. The topological polar surface area (TPSA) is 93.3 Å². The zero-order valence-corrected chi connectivity index (χ0v) is 11.7. The molecule has 0 saturated carbocycles. The average molecular weight is 272 g/mol. The number of rotatable bonds is 5. The van der Waals surface area contributed by atoms with Crippen molar-refractivity contribution in [1.29, 1.82) is 0 Å². The fourth-order valence-electron chi connectivity index (χ4n) is 1.71. The molecule has 1 rings (SSSR count). The van der Waals surface area contributed by atoms with Crippen LogP contribution in [0.4, 0.5) is 0 Å². The van der Waals surface area contributed by atoms with E-state index in [-0.39, 0.29) is 6.54 Å². The Hall–Kier alpha value is -0.980. The molecule has 102 valence electrons. The molecule has 0 saturated heterocycles. The summed E-state index contributed by atoms with van der Waals surface area (Å²) in [5.74, 6) is -0.504. The van der Waals surface area contributed by atoms with Crippen LogP contribution in [0, 0.1) is 0 Å². The van der Waals surface area contributed by atoms with Crippen molar-refractivity contribution in [2.75, 3.05) is 12.8 Å². The molecule has 18 heavy (non-hydrogen) atoms. The Bertz CT molecular complexity index is 485. The van der Waals surface area contributed by atoms with Crippen molar-refractivity contribution in [1.82, 2.24) is 4.98 Å². The van der Waals surface area contributed by atoms with Crippen LogP contribution in [0.1, 0.15) is 25.5 Å². The molecule has 1 aromatic rings. The SMILES string of the molecule is CC(C)(C(O)C(CN)c1ccccn1)S(C)(=O)=O. The molecule has 2 unspecified atom stereocenters. The van der Waals surface area contributed by atoms with Gasteiger partial charge in [0.15, 0.2) is 9.84 Å². The molecule has 0 bridgehead atoms. The van der Waals surface area contributed by atoms with Gasteiger partial charge in [0.1, 0.15) is 0 Å². The number of nitrogens with zero attached hydrogens (tertiary/aromatic N) is 1. The van der Waals surface area contributed by atoms with Crippen molar-refractivity contribution in [3.8, 4) is 0 Å². The lowest BCUT2D eigenvalue weighted by molar-refractivity contribution is 0.109. The lowest BCUT2D eigenvalue weighted by Crippen LogP contribution is -2.48. The standard InChI is InChI=1S/C12H20N2O3S/c1-12(2,18(3,16)17)11(15)9(8-13)10-6-4-5-7-14-10/h4-7,9,11,15H,8,13H2,1-3H3. The van der Waals surface area contributed by atoms with Gasteiger partial charge in [-0.1, -0.05) is 6.07 Å². The van der Waals surface area contributed by atoms with Gasteiger partial charge in [-0.3, -0.25) is 4.98 Å². The summed E-state index contributed by atoms with van der Waals surface area (Å²) in [4.78, 5) is 4.13. The first kappa shape index (κ1) is 15.1. The number of sulfone groups is 1. The van der Waals surface area contributed by atoms with Gasteiger partial charge in [-0.05, 0) is 26.0 Å². The molecule has 3 N–H and O–H groups in total. The van der Waals surface area contributed by atoms with E-state index in [0.29, 0.717) is 5.69 Å². The summed E-state index contributed by atoms with van der Waals surface area (Å²) in [5.41, 5.74) is 6.25. The van der Waals surface area contributed by atoms with Crippen LogP contribution in [-0.2, 0) is 9.84 Å². The first-order valence-electron chi connectivity index (χ1n) is 5.70. The predicted octanol–water partition coefficient (Wildman–Crippen LogP) is 0.308. The predicted molar refractivity (Wildman–Crippen MR) is 71.0 cm³/mol. The molecule has 0 aromatic carbocycles. The van der Waals surface area contributed by atoms with Crippen molar-refractivity contribution >= 4 is 9.84 Å². The molecular weight excluding hydrogens is 252 g/mol. The van der Waals surface area contributed by atoms with Crippen molar-refractivity contribution in [3.05, 3.63) is 30.1 Å². The molecular formula is C12H20N2O3S. The van der Waals surface area contributed by atoms with Crippen LogP contribution in [0.2, 0.25) is 0 Å². The summed E-state index contributed by atoms with van der Waals surface area (Å²) in [6.45, 7) is 3.13. The minimum Gasteiger partial charge on any atom is -0.391 e. The summed E-state index contributed by atoms with van der Waals surface area (Å²) in [6, 6.07) is 5.27. The maximum atomic E-state index is 11.7. The van der Waals surface area contributed by atoms with Crippen molar-refractivity contribution in [2.24, 2.45) is 5.73 Å². The highest BCUT2D eigenvalue weighted by atomic mass is 32.2. The summed E-state index contributed by atoms with van der Waals surface area (Å²) in [6.07, 6.45) is 1.60. The highest BCUT2D eigenvalue weighted by molar-refractivity contribution is 7.92. The van der Waals surface area contributed by atoms with Crippen LogP contribution in [0.5, 0.6) is 0 Å². The van der Waals surface area contributed by atoms with Crippen LogP contribution >= 0.6 is 0 Å². The van der Waals surface area contributed by atoms with Gasteiger partial charge < -0.3 is 10.8 Å². The Morgan fingerprint density at radius 2 is 2.06 bits per heavy atom. The first-order valence-corrected chi connectivity index (χ1v) is 7.59. The van der Waals surface area contributed by atoms with Gasteiger partial charge in [-0.2, -0.15) is 0 Å². The largest absolute Gasteiger partial charge is 0.391 e. The molecule has 1 aromatic heterocycles. The molecule has 0 aliphatic rings. The summed E-state index contributed by atoms with van der Waals surface area (Å²) >= 11 is 0. The minimum atomic E-state index is -3.40. The Morgan fingerprint density at radius 3 is 2.44 bits per heavy atom. The van der Waals surface area contributed by atoms with Crippen LogP contribution in [0.25, 0.3) is 0 Å². The Balaban J connectivity index is 3.12. The second-order valence-corrected chi connectivity index (χ2v) is 7.51. The molecule has 2 atom stereocenters. The molecule has 0 radical (unpaired) electrons. The van der Waals surface area contributed by atoms with Gasteiger partial charge in [0.25, 0.3) is 0 Å². The summed E-state index contributed by atoms with van der Waals surface area (Å²) in [5, 5.41) is 10.3. The van der Waals surface area contributed by atoms with E-state index in [1.807, 2.05) is 0 Å². The first-order chi connectivity index (χ1) is 8.21. The lowest BCUT2D eigenvalue weighted by Gasteiger charge is -2.33. The van der Waals surface area contributed by atoms with Crippen LogP contribution < -0.4 is 5.73 Å². The maximum Gasteiger partial charge on any atom is 0.155 e. The van der Waals surface area contributed by atoms with E-state index in [1.165, 1.54) is 13.8 Å². The molecule has 1 heterocycles. The fraction of sp³-hybridized carbons (Fsp3) is 0.583. The van der Waals surface area contributed by atoms with Crippen molar-refractivity contribution < 1.29 is 13.5 Å². The number of aliphatic hydroxyl groups excluding tert-OH is 1. The molecule has 6 heteroatoms. The normalized spacial score (nSPS) is 16.3. The smallest absolute Gasteiger partial charge is 0.155 e.